The number of amides is 1. The first-order chi connectivity index (χ1) is 7.68. The van der Waals surface area contributed by atoms with Crippen molar-refractivity contribution < 1.29 is 9.90 Å². The van der Waals surface area contributed by atoms with E-state index < -0.39 is 0 Å². The predicted octanol–water partition coefficient (Wildman–Crippen LogP) is 0.215. The highest BCUT2D eigenvalue weighted by molar-refractivity contribution is 5.79. The Bertz CT molecular complexity index is 251. The van der Waals surface area contributed by atoms with Gasteiger partial charge in [-0.25, -0.2) is 0 Å². The molecule has 0 aromatic heterocycles. The fourth-order valence-electron chi connectivity index (χ4n) is 2.65. The second-order valence-corrected chi connectivity index (χ2v) is 5.16. The van der Waals surface area contributed by atoms with Crippen LogP contribution in [0.25, 0.3) is 0 Å². The fraction of sp³-hybridized carbons (Fsp3) is 0.917. The Hall–Kier alpha value is -0.610. The summed E-state index contributed by atoms with van der Waals surface area (Å²) in [4.78, 5) is 14.1. The van der Waals surface area contributed by atoms with E-state index in [9.17, 15) is 9.90 Å². The van der Waals surface area contributed by atoms with Crippen molar-refractivity contribution in [1.29, 1.82) is 0 Å². The molecular weight excluding hydrogens is 204 g/mol. The first-order valence-electron chi connectivity index (χ1n) is 6.36. The number of nitrogens with zero attached hydrogens (tertiary/aromatic N) is 1. The van der Waals surface area contributed by atoms with Crippen LogP contribution in [0.4, 0.5) is 0 Å². The van der Waals surface area contributed by atoms with Crippen molar-refractivity contribution in [1.82, 2.24) is 10.2 Å². The van der Waals surface area contributed by atoms with Gasteiger partial charge in [0, 0.05) is 19.6 Å². The summed E-state index contributed by atoms with van der Waals surface area (Å²) >= 11 is 0. The summed E-state index contributed by atoms with van der Waals surface area (Å²) in [5.74, 6) is 0.663. The number of nitrogens with one attached hydrogen (secondary N) is 1. The van der Waals surface area contributed by atoms with Gasteiger partial charge in [-0.15, -0.1) is 0 Å². The molecule has 0 aromatic carbocycles. The largest absolute Gasteiger partial charge is 0.393 e. The summed E-state index contributed by atoms with van der Waals surface area (Å²) in [5.41, 5.74) is 0. The fourth-order valence-corrected chi connectivity index (χ4v) is 2.65. The van der Waals surface area contributed by atoms with E-state index in [-0.39, 0.29) is 23.8 Å². The van der Waals surface area contributed by atoms with Crippen molar-refractivity contribution in [3.8, 4) is 0 Å². The van der Waals surface area contributed by atoms with Crippen LogP contribution in [-0.4, -0.2) is 48.2 Å². The molecule has 2 aliphatic rings. The van der Waals surface area contributed by atoms with Gasteiger partial charge in [-0.2, -0.15) is 0 Å². The number of likely N-dealkylation sites (tertiary alicyclic amines) is 1. The minimum atomic E-state index is -0.228. The van der Waals surface area contributed by atoms with Crippen molar-refractivity contribution in [3.05, 3.63) is 0 Å². The number of carbonyl (C=O) groups excluding carboxylic acids is 1. The number of piperidine rings is 2. The Balaban J connectivity index is 1.89. The minimum absolute atomic E-state index is 0.163. The average molecular weight is 226 g/mol. The first kappa shape index (κ1) is 11.9. The van der Waals surface area contributed by atoms with Crippen LogP contribution in [0, 0.1) is 11.8 Å². The molecule has 4 heteroatoms. The standard InChI is InChI=1S/C12H22N2O2/c1-9-8-14(6-4-11(9)15)12(16)10-3-2-5-13-7-10/h9-11,13,15H,2-8H2,1H3. The van der Waals surface area contributed by atoms with E-state index in [1.165, 1.54) is 0 Å². The summed E-state index contributed by atoms with van der Waals surface area (Å²) in [6.07, 6.45) is 2.61. The maximum Gasteiger partial charge on any atom is 0.226 e. The summed E-state index contributed by atoms with van der Waals surface area (Å²) in [5, 5.41) is 12.9. The van der Waals surface area contributed by atoms with Gasteiger partial charge in [-0.1, -0.05) is 6.92 Å². The normalized spacial score (nSPS) is 36.1. The predicted molar refractivity (Wildman–Crippen MR) is 62.0 cm³/mol. The van der Waals surface area contributed by atoms with Gasteiger partial charge >= 0.3 is 0 Å². The zero-order valence-electron chi connectivity index (χ0n) is 9.98. The molecule has 92 valence electrons. The molecule has 0 spiro atoms. The lowest BCUT2D eigenvalue weighted by atomic mass is 9.93. The Morgan fingerprint density at radius 1 is 1.44 bits per heavy atom. The molecule has 0 saturated carbocycles. The van der Waals surface area contributed by atoms with E-state index in [1.807, 2.05) is 11.8 Å². The smallest absolute Gasteiger partial charge is 0.226 e. The lowest BCUT2D eigenvalue weighted by Crippen LogP contribution is -2.49. The summed E-state index contributed by atoms with van der Waals surface area (Å²) in [7, 11) is 0. The monoisotopic (exact) mass is 226 g/mol. The molecule has 0 aromatic rings. The minimum Gasteiger partial charge on any atom is -0.393 e. The number of rotatable bonds is 1. The Morgan fingerprint density at radius 2 is 2.25 bits per heavy atom. The Labute approximate surface area is 97.0 Å². The lowest BCUT2D eigenvalue weighted by Gasteiger charge is -2.37. The van der Waals surface area contributed by atoms with Crippen molar-refractivity contribution in [2.24, 2.45) is 11.8 Å². The quantitative estimate of drug-likeness (QED) is 0.672. The third-order valence-electron chi connectivity index (χ3n) is 3.82. The average Bonchev–Trinajstić information content (AvgIpc) is 2.33. The van der Waals surface area contributed by atoms with E-state index in [4.69, 9.17) is 0 Å². The maximum absolute atomic E-state index is 12.2. The molecule has 2 rings (SSSR count). The zero-order chi connectivity index (χ0) is 11.5. The highest BCUT2D eigenvalue weighted by atomic mass is 16.3. The summed E-state index contributed by atoms with van der Waals surface area (Å²) in [6.45, 7) is 5.33. The van der Waals surface area contributed by atoms with Crippen LogP contribution in [0.1, 0.15) is 26.2 Å². The summed E-state index contributed by atoms with van der Waals surface area (Å²) < 4.78 is 0. The van der Waals surface area contributed by atoms with Crippen LogP contribution < -0.4 is 5.32 Å². The molecule has 3 unspecified atom stereocenters. The number of aliphatic hydroxyl groups excluding tert-OH is 1. The molecule has 3 atom stereocenters. The third kappa shape index (κ3) is 2.55. The van der Waals surface area contributed by atoms with E-state index in [2.05, 4.69) is 5.32 Å². The molecule has 16 heavy (non-hydrogen) atoms. The molecule has 0 bridgehead atoms. The molecule has 2 aliphatic heterocycles. The molecular formula is C12H22N2O2. The SMILES string of the molecule is CC1CN(C(=O)C2CCCNC2)CCC1O. The Kier molecular flexibility index (Phi) is 3.82. The van der Waals surface area contributed by atoms with Crippen molar-refractivity contribution in [2.75, 3.05) is 26.2 Å². The van der Waals surface area contributed by atoms with Gasteiger partial charge in [0.15, 0.2) is 0 Å². The molecule has 2 saturated heterocycles. The molecule has 2 N–H and O–H groups in total. The second kappa shape index (κ2) is 5.15. The van der Waals surface area contributed by atoms with E-state index in [0.29, 0.717) is 0 Å². The molecule has 2 fully saturated rings. The number of aliphatic hydroxyl groups is 1. The molecule has 2 heterocycles. The van der Waals surface area contributed by atoms with Gasteiger partial charge in [-0.05, 0) is 31.7 Å². The van der Waals surface area contributed by atoms with E-state index in [1.54, 1.807) is 0 Å². The third-order valence-corrected chi connectivity index (χ3v) is 3.82. The summed E-state index contributed by atoms with van der Waals surface area (Å²) in [6, 6.07) is 0. The van der Waals surface area contributed by atoms with Crippen molar-refractivity contribution in [3.63, 3.8) is 0 Å². The van der Waals surface area contributed by atoms with Crippen molar-refractivity contribution >= 4 is 5.91 Å². The van der Waals surface area contributed by atoms with Crippen LogP contribution in [0.2, 0.25) is 0 Å². The van der Waals surface area contributed by atoms with Gasteiger partial charge in [-0.3, -0.25) is 4.79 Å². The highest BCUT2D eigenvalue weighted by Gasteiger charge is 2.31. The van der Waals surface area contributed by atoms with Crippen LogP contribution >= 0.6 is 0 Å². The number of hydrogen-bond acceptors (Lipinski definition) is 3. The van der Waals surface area contributed by atoms with E-state index >= 15 is 0 Å². The topological polar surface area (TPSA) is 52.6 Å². The van der Waals surface area contributed by atoms with Crippen LogP contribution in [0.3, 0.4) is 0 Å². The molecule has 0 radical (unpaired) electrons. The zero-order valence-corrected chi connectivity index (χ0v) is 9.98. The number of hydrogen-bond donors (Lipinski definition) is 2. The Morgan fingerprint density at radius 3 is 2.88 bits per heavy atom. The van der Waals surface area contributed by atoms with E-state index in [0.717, 1.165) is 45.4 Å². The molecule has 1 amide bonds. The molecule has 0 aliphatic carbocycles. The van der Waals surface area contributed by atoms with Crippen LogP contribution in [0.15, 0.2) is 0 Å². The van der Waals surface area contributed by atoms with Gasteiger partial charge in [0.1, 0.15) is 0 Å². The van der Waals surface area contributed by atoms with Crippen LogP contribution in [-0.2, 0) is 4.79 Å². The number of carbonyl (C=O) groups is 1. The lowest BCUT2D eigenvalue weighted by molar-refractivity contribution is -0.139. The van der Waals surface area contributed by atoms with Gasteiger partial charge in [0.25, 0.3) is 0 Å². The van der Waals surface area contributed by atoms with Gasteiger partial charge in [0.2, 0.25) is 5.91 Å². The first-order valence-corrected chi connectivity index (χ1v) is 6.36. The van der Waals surface area contributed by atoms with Crippen molar-refractivity contribution in [2.45, 2.75) is 32.3 Å². The second-order valence-electron chi connectivity index (χ2n) is 5.16. The molecule has 4 nitrogen and oxygen atoms in total. The highest BCUT2D eigenvalue weighted by Crippen LogP contribution is 2.20. The van der Waals surface area contributed by atoms with Gasteiger partial charge < -0.3 is 15.3 Å². The van der Waals surface area contributed by atoms with Gasteiger partial charge in [0.05, 0.1) is 12.0 Å². The van der Waals surface area contributed by atoms with Crippen LogP contribution in [0.5, 0.6) is 0 Å². The maximum atomic E-state index is 12.2.